The smallest absolute Gasteiger partial charge is 0.326 e. The zero-order valence-electron chi connectivity index (χ0n) is 12.6. The Morgan fingerprint density at radius 1 is 1.24 bits per heavy atom. The minimum Gasteiger partial charge on any atom is -0.480 e. The fourth-order valence-electron chi connectivity index (χ4n) is 2.22. The second kappa shape index (κ2) is 8.42. The predicted octanol–water partition coefficient (Wildman–Crippen LogP) is 1.42. The van der Waals surface area contributed by atoms with E-state index in [4.69, 9.17) is 5.73 Å². The predicted molar refractivity (Wildman–Crippen MR) is 81.7 cm³/mol. The number of nitrogens with two attached hydrogens (primary N) is 1. The van der Waals surface area contributed by atoms with Gasteiger partial charge in [-0.25, -0.2) is 4.79 Å². The van der Waals surface area contributed by atoms with Crippen molar-refractivity contribution in [2.75, 3.05) is 6.54 Å². The number of aliphatic carboxylic acids is 1. The lowest BCUT2D eigenvalue weighted by Crippen LogP contribution is -2.46. The molecule has 0 aromatic heterocycles. The Balaban J connectivity index is 2.69. The normalized spacial score (nSPS) is 13.7. The van der Waals surface area contributed by atoms with E-state index in [-0.39, 0.29) is 24.8 Å². The van der Waals surface area contributed by atoms with Crippen LogP contribution in [-0.2, 0) is 16.0 Å². The van der Waals surface area contributed by atoms with E-state index in [9.17, 15) is 14.7 Å². The van der Waals surface area contributed by atoms with E-state index >= 15 is 0 Å². The van der Waals surface area contributed by atoms with Crippen LogP contribution in [0.1, 0.15) is 25.8 Å². The highest BCUT2D eigenvalue weighted by Crippen LogP contribution is 2.12. The number of carboxylic acids is 1. The summed E-state index contributed by atoms with van der Waals surface area (Å²) in [7, 11) is 0. The third-order valence-corrected chi connectivity index (χ3v) is 3.31. The van der Waals surface area contributed by atoms with Crippen LogP contribution in [0.4, 0.5) is 0 Å². The van der Waals surface area contributed by atoms with Crippen LogP contribution in [0.5, 0.6) is 0 Å². The van der Waals surface area contributed by atoms with Crippen molar-refractivity contribution in [1.82, 2.24) is 5.32 Å². The molecule has 1 aromatic carbocycles. The standard InChI is InChI=1S/C16H24N2O3/c1-11(2)8-13(10-17)15(19)18-14(16(20)21)9-12-6-4-3-5-7-12/h3-7,11,13-14H,8-10,17H2,1-2H3,(H,18,19)(H,20,21). The average molecular weight is 292 g/mol. The van der Waals surface area contributed by atoms with E-state index in [0.29, 0.717) is 12.3 Å². The summed E-state index contributed by atoms with van der Waals surface area (Å²) in [5.74, 6) is -1.33. The molecule has 0 saturated carbocycles. The van der Waals surface area contributed by atoms with Gasteiger partial charge < -0.3 is 16.2 Å². The number of rotatable bonds is 8. The van der Waals surface area contributed by atoms with Crippen molar-refractivity contribution in [3.8, 4) is 0 Å². The van der Waals surface area contributed by atoms with Gasteiger partial charge in [0.15, 0.2) is 0 Å². The van der Waals surface area contributed by atoms with Crippen molar-refractivity contribution < 1.29 is 14.7 Å². The third kappa shape index (κ3) is 5.95. The number of hydrogen-bond acceptors (Lipinski definition) is 3. The molecule has 1 amide bonds. The van der Waals surface area contributed by atoms with Crippen LogP contribution in [0, 0.1) is 11.8 Å². The maximum absolute atomic E-state index is 12.2. The molecule has 0 saturated heterocycles. The first-order valence-electron chi connectivity index (χ1n) is 7.21. The van der Waals surface area contributed by atoms with Gasteiger partial charge in [0, 0.05) is 13.0 Å². The van der Waals surface area contributed by atoms with Gasteiger partial charge in [-0.05, 0) is 17.9 Å². The lowest BCUT2D eigenvalue weighted by Gasteiger charge is -2.20. The van der Waals surface area contributed by atoms with E-state index in [2.05, 4.69) is 5.32 Å². The molecule has 1 aromatic rings. The van der Waals surface area contributed by atoms with Crippen LogP contribution in [-0.4, -0.2) is 29.6 Å². The van der Waals surface area contributed by atoms with E-state index in [1.54, 1.807) is 0 Å². The molecule has 5 heteroatoms. The zero-order chi connectivity index (χ0) is 15.8. The van der Waals surface area contributed by atoms with Gasteiger partial charge in [0.05, 0.1) is 5.92 Å². The van der Waals surface area contributed by atoms with Crippen LogP contribution in [0.25, 0.3) is 0 Å². The molecule has 2 unspecified atom stereocenters. The first-order chi connectivity index (χ1) is 9.93. The van der Waals surface area contributed by atoms with Gasteiger partial charge in [-0.3, -0.25) is 4.79 Å². The van der Waals surface area contributed by atoms with Gasteiger partial charge in [0.25, 0.3) is 0 Å². The summed E-state index contributed by atoms with van der Waals surface area (Å²) < 4.78 is 0. The second-order valence-electron chi connectivity index (χ2n) is 5.65. The van der Waals surface area contributed by atoms with Crippen molar-refractivity contribution >= 4 is 11.9 Å². The molecule has 2 atom stereocenters. The van der Waals surface area contributed by atoms with Gasteiger partial charge >= 0.3 is 5.97 Å². The molecule has 21 heavy (non-hydrogen) atoms. The molecule has 0 bridgehead atoms. The monoisotopic (exact) mass is 292 g/mol. The van der Waals surface area contributed by atoms with Gasteiger partial charge in [-0.2, -0.15) is 0 Å². The van der Waals surface area contributed by atoms with Crippen molar-refractivity contribution in [2.45, 2.75) is 32.7 Å². The maximum Gasteiger partial charge on any atom is 0.326 e. The maximum atomic E-state index is 12.2. The molecule has 0 aliphatic rings. The molecular formula is C16H24N2O3. The van der Waals surface area contributed by atoms with E-state index in [0.717, 1.165) is 5.56 Å². The zero-order valence-corrected chi connectivity index (χ0v) is 12.6. The molecule has 0 aliphatic heterocycles. The number of hydrogen-bond donors (Lipinski definition) is 3. The Kier molecular flexibility index (Phi) is 6.88. The Morgan fingerprint density at radius 3 is 2.33 bits per heavy atom. The van der Waals surface area contributed by atoms with Crippen molar-refractivity contribution in [3.63, 3.8) is 0 Å². The van der Waals surface area contributed by atoms with Gasteiger partial charge in [-0.15, -0.1) is 0 Å². The highest BCUT2D eigenvalue weighted by molar-refractivity contribution is 5.85. The topological polar surface area (TPSA) is 92.4 Å². The SMILES string of the molecule is CC(C)CC(CN)C(=O)NC(Cc1ccccc1)C(=O)O. The van der Waals surface area contributed by atoms with Crippen molar-refractivity contribution in [3.05, 3.63) is 35.9 Å². The quantitative estimate of drug-likeness (QED) is 0.675. The van der Waals surface area contributed by atoms with Crippen molar-refractivity contribution in [1.29, 1.82) is 0 Å². The highest BCUT2D eigenvalue weighted by atomic mass is 16.4. The molecule has 116 valence electrons. The minimum atomic E-state index is -1.03. The Hall–Kier alpha value is -1.88. The van der Waals surface area contributed by atoms with Gasteiger partial charge in [0.1, 0.15) is 6.04 Å². The van der Waals surface area contributed by atoms with E-state index < -0.39 is 12.0 Å². The Morgan fingerprint density at radius 2 is 1.86 bits per heavy atom. The van der Waals surface area contributed by atoms with E-state index in [1.807, 2.05) is 44.2 Å². The summed E-state index contributed by atoms with van der Waals surface area (Å²) in [5, 5.41) is 11.9. The molecule has 1 rings (SSSR count). The molecule has 0 spiro atoms. The number of carbonyl (C=O) groups is 2. The highest BCUT2D eigenvalue weighted by Gasteiger charge is 2.25. The van der Waals surface area contributed by atoms with Gasteiger partial charge in [-0.1, -0.05) is 44.2 Å². The number of amides is 1. The fraction of sp³-hybridized carbons (Fsp3) is 0.500. The molecule has 0 radical (unpaired) electrons. The molecule has 4 N–H and O–H groups in total. The lowest BCUT2D eigenvalue weighted by atomic mass is 9.95. The minimum absolute atomic E-state index is 0.224. The summed E-state index contributed by atoms with van der Waals surface area (Å²) in [5.41, 5.74) is 6.49. The average Bonchev–Trinajstić information content (AvgIpc) is 2.44. The summed E-state index contributed by atoms with van der Waals surface area (Å²) >= 11 is 0. The van der Waals surface area contributed by atoms with Crippen LogP contribution < -0.4 is 11.1 Å². The fourth-order valence-corrected chi connectivity index (χ4v) is 2.22. The number of carbonyl (C=O) groups excluding carboxylic acids is 1. The Bertz CT molecular complexity index is 460. The summed E-state index contributed by atoms with van der Waals surface area (Å²) in [6.45, 7) is 4.24. The summed E-state index contributed by atoms with van der Waals surface area (Å²) in [6.07, 6.45) is 0.918. The van der Waals surface area contributed by atoms with Crippen LogP contribution in [0.2, 0.25) is 0 Å². The molecule has 0 aliphatic carbocycles. The second-order valence-corrected chi connectivity index (χ2v) is 5.65. The summed E-state index contributed by atoms with van der Waals surface area (Å²) in [6, 6.07) is 8.31. The number of nitrogens with one attached hydrogen (secondary N) is 1. The third-order valence-electron chi connectivity index (χ3n) is 3.31. The van der Waals surface area contributed by atoms with Crippen molar-refractivity contribution in [2.24, 2.45) is 17.6 Å². The largest absolute Gasteiger partial charge is 0.480 e. The molecule has 5 nitrogen and oxygen atoms in total. The van der Waals surface area contributed by atoms with Crippen LogP contribution in [0.3, 0.4) is 0 Å². The van der Waals surface area contributed by atoms with Gasteiger partial charge in [0.2, 0.25) is 5.91 Å². The Labute approximate surface area is 125 Å². The number of benzene rings is 1. The summed E-state index contributed by atoms with van der Waals surface area (Å²) in [4.78, 5) is 23.5. The lowest BCUT2D eigenvalue weighted by molar-refractivity contribution is -0.142. The van der Waals surface area contributed by atoms with Crippen LogP contribution in [0.15, 0.2) is 30.3 Å². The first-order valence-corrected chi connectivity index (χ1v) is 7.21. The van der Waals surface area contributed by atoms with E-state index in [1.165, 1.54) is 0 Å². The first kappa shape index (κ1) is 17.2. The van der Waals surface area contributed by atoms with Crippen LogP contribution >= 0.6 is 0 Å². The molecule has 0 heterocycles. The molecular weight excluding hydrogens is 268 g/mol. The number of carboxylic acid groups (broad SMARTS) is 1. The molecule has 0 fully saturated rings.